The zero-order valence-electron chi connectivity index (χ0n) is 13.9. The minimum absolute atomic E-state index is 0.0485. The molecule has 1 amide bonds. The lowest BCUT2D eigenvalue weighted by Gasteiger charge is -2.13. The Labute approximate surface area is 143 Å². The van der Waals surface area contributed by atoms with Gasteiger partial charge in [-0.3, -0.25) is 4.79 Å². The highest BCUT2D eigenvalue weighted by molar-refractivity contribution is 6.30. The maximum atomic E-state index is 12.4. The maximum absolute atomic E-state index is 12.4. The molecule has 0 saturated heterocycles. The van der Waals surface area contributed by atoms with Gasteiger partial charge in [0.15, 0.2) is 12.4 Å². The SMILES string of the molecule is CCC(CC)c1cc[n+]([C@H](C)C(=O)Nc2ccc(Cl)cc2)cc1. The number of carbonyl (C=O) groups excluding carboxylic acids is 1. The molecule has 1 N–H and O–H groups in total. The molecule has 122 valence electrons. The maximum Gasteiger partial charge on any atom is 0.293 e. The van der Waals surface area contributed by atoms with Gasteiger partial charge in [0.1, 0.15) is 0 Å². The fourth-order valence-corrected chi connectivity index (χ4v) is 2.78. The van der Waals surface area contributed by atoms with Crippen LogP contribution in [0, 0.1) is 0 Å². The Morgan fingerprint density at radius 2 is 1.65 bits per heavy atom. The van der Waals surface area contributed by atoms with Gasteiger partial charge in [0.2, 0.25) is 6.04 Å². The van der Waals surface area contributed by atoms with Crippen LogP contribution in [0.4, 0.5) is 5.69 Å². The van der Waals surface area contributed by atoms with Crippen LogP contribution >= 0.6 is 11.6 Å². The lowest BCUT2D eigenvalue weighted by molar-refractivity contribution is -0.705. The zero-order valence-corrected chi connectivity index (χ0v) is 14.7. The van der Waals surface area contributed by atoms with Gasteiger partial charge in [-0.1, -0.05) is 25.4 Å². The van der Waals surface area contributed by atoms with Gasteiger partial charge in [-0.2, -0.15) is 4.57 Å². The summed E-state index contributed by atoms with van der Waals surface area (Å²) in [7, 11) is 0. The van der Waals surface area contributed by atoms with Gasteiger partial charge in [0.05, 0.1) is 0 Å². The van der Waals surface area contributed by atoms with Crippen LogP contribution in [0.1, 0.15) is 51.1 Å². The Hall–Kier alpha value is -1.87. The number of nitrogens with zero attached hydrogens (tertiary/aromatic N) is 1. The number of pyridine rings is 1. The zero-order chi connectivity index (χ0) is 16.8. The second kappa shape index (κ2) is 8.11. The van der Waals surface area contributed by atoms with Gasteiger partial charge in [0, 0.05) is 29.8 Å². The smallest absolute Gasteiger partial charge is 0.293 e. The van der Waals surface area contributed by atoms with E-state index in [-0.39, 0.29) is 11.9 Å². The molecule has 3 nitrogen and oxygen atoms in total. The molecule has 4 heteroatoms. The van der Waals surface area contributed by atoms with E-state index in [9.17, 15) is 4.79 Å². The number of hydrogen-bond acceptors (Lipinski definition) is 1. The summed E-state index contributed by atoms with van der Waals surface area (Å²) in [6.07, 6.45) is 6.24. The number of anilines is 1. The van der Waals surface area contributed by atoms with Gasteiger partial charge in [-0.05, 0) is 48.6 Å². The number of halogens is 1. The molecule has 0 aliphatic rings. The number of amides is 1. The molecular weight excluding hydrogens is 308 g/mol. The van der Waals surface area contributed by atoms with Crippen LogP contribution in [-0.4, -0.2) is 5.91 Å². The molecule has 0 fully saturated rings. The van der Waals surface area contributed by atoms with Gasteiger partial charge >= 0.3 is 0 Å². The van der Waals surface area contributed by atoms with Crippen LogP contribution in [0.15, 0.2) is 48.8 Å². The van der Waals surface area contributed by atoms with E-state index in [0.29, 0.717) is 10.9 Å². The van der Waals surface area contributed by atoms with Crippen molar-refractivity contribution in [1.82, 2.24) is 0 Å². The molecule has 0 saturated carbocycles. The molecular formula is C19H24ClN2O+. The number of aromatic nitrogens is 1. The normalized spacial score (nSPS) is 12.2. The first-order valence-electron chi connectivity index (χ1n) is 8.12. The molecule has 1 heterocycles. The van der Waals surface area contributed by atoms with Crippen LogP contribution in [0.5, 0.6) is 0 Å². The second-order valence-electron chi connectivity index (χ2n) is 5.76. The molecule has 0 bridgehead atoms. The van der Waals surface area contributed by atoms with Crippen molar-refractivity contribution >= 4 is 23.2 Å². The summed E-state index contributed by atoms with van der Waals surface area (Å²) in [4.78, 5) is 12.4. The lowest BCUT2D eigenvalue weighted by Crippen LogP contribution is -2.44. The molecule has 0 radical (unpaired) electrons. The van der Waals surface area contributed by atoms with E-state index in [1.54, 1.807) is 24.3 Å². The molecule has 0 unspecified atom stereocenters. The van der Waals surface area contributed by atoms with Crippen LogP contribution in [0.25, 0.3) is 0 Å². The highest BCUT2D eigenvalue weighted by Crippen LogP contribution is 2.21. The summed E-state index contributed by atoms with van der Waals surface area (Å²) in [6.45, 7) is 6.30. The molecule has 0 spiro atoms. The van der Waals surface area contributed by atoms with Gasteiger partial charge in [-0.25, -0.2) is 0 Å². The molecule has 0 aliphatic heterocycles. The highest BCUT2D eigenvalue weighted by atomic mass is 35.5. The molecule has 1 aromatic heterocycles. The van der Waals surface area contributed by atoms with Gasteiger partial charge in [-0.15, -0.1) is 0 Å². The molecule has 2 rings (SSSR count). The Morgan fingerprint density at radius 3 is 2.17 bits per heavy atom. The van der Waals surface area contributed by atoms with Crippen LogP contribution in [-0.2, 0) is 4.79 Å². The second-order valence-corrected chi connectivity index (χ2v) is 6.20. The Kier molecular flexibility index (Phi) is 6.17. The molecule has 1 aromatic carbocycles. The standard InChI is InChI=1S/C19H23ClN2O/c1-4-15(5-2)16-10-12-22(13-11-16)14(3)19(23)21-18-8-6-17(20)7-9-18/h6-15H,4-5H2,1-3H3/p+1/t14-/m1/s1. The molecule has 23 heavy (non-hydrogen) atoms. The lowest BCUT2D eigenvalue weighted by atomic mass is 9.95. The summed E-state index contributed by atoms with van der Waals surface area (Å²) in [5, 5.41) is 3.56. The quantitative estimate of drug-likeness (QED) is 0.762. The third-order valence-electron chi connectivity index (χ3n) is 4.27. The first kappa shape index (κ1) is 17.5. The Morgan fingerprint density at radius 1 is 1.09 bits per heavy atom. The first-order chi connectivity index (χ1) is 11.0. The number of carbonyl (C=O) groups is 1. The topological polar surface area (TPSA) is 33.0 Å². The van der Waals surface area contributed by atoms with E-state index in [2.05, 4.69) is 31.3 Å². The van der Waals surface area contributed by atoms with E-state index < -0.39 is 0 Å². The van der Waals surface area contributed by atoms with Gasteiger partial charge in [0.25, 0.3) is 5.91 Å². The summed E-state index contributed by atoms with van der Waals surface area (Å²) >= 11 is 5.85. The van der Waals surface area contributed by atoms with Crippen molar-refractivity contribution in [2.45, 2.75) is 45.6 Å². The van der Waals surface area contributed by atoms with Crippen molar-refractivity contribution in [3.8, 4) is 0 Å². The molecule has 1 atom stereocenters. The monoisotopic (exact) mass is 331 g/mol. The fraction of sp³-hybridized carbons (Fsp3) is 0.368. The number of nitrogens with one attached hydrogen (secondary N) is 1. The minimum Gasteiger partial charge on any atom is -0.320 e. The fourth-order valence-electron chi connectivity index (χ4n) is 2.66. The summed E-state index contributed by atoms with van der Waals surface area (Å²) < 4.78 is 1.93. The number of hydrogen-bond donors (Lipinski definition) is 1. The third kappa shape index (κ3) is 4.55. The van der Waals surface area contributed by atoms with E-state index in [0.717, 1.165) is 18.5 Å². The summed E-state index contributed by atoms with van der Waals surface area (Å²) in [5.41, 5.74) is 2.08. The third-order valence-corrected chi connectivity index (χ3v) is 4.53. The van der Waals surface area contributed by atoms with Crippen molar-refractivity contribution in [3.63, 3.8) is 0 Å². The van der Waals surface area contributed by atoms with Crippen molar-refractivity contribution in [3.05, 3.63) is 59.4 Å². The van der Waals surface area contributed by atoms with Crippen molar-refractivity contribution in [2.24, 2.45) is 0 Å². The average Bonchev–Trinajstić information content (AvgIpc) is 2.58. The predicted octanol–water partition coefficient (Wildman–Crippen LogP) is 4.73. The summed E-state index contributed by atoms with van der Waals surface area (Å²) in [6, 6.07) is 11.1. The molecule has 0 aliphatic carbocycles. The van der Waals surface area contributed by atoms with Crippen LogP contribution < -0.4 is 9.88 Å². The molecule has 2 aromatic rings. The largest absolute Gasteiger partial charge is 0.320 e. The minimum atomic E-state index is -0.276. The summed E-state index contributed by atoms with van der Waals surface area (Å²) in [5.74, 6) is 0.537. The highest BCUT2D eigenvalue weighted by Gasteiger charge is 2.22. The van der Waals surface area contributed by atoms with E-state index in [4.69, 9.17) is 11.6 Å². The average molecular weight is 332 g/mol. The van der Waals surface area contributed by atoms with Crippen LogP contribution in [0.3, 0.4) is 0 Å². The van der Waals surface area contributed by atoms with Crippen molar-refractivity contribution in [2.75, 3.05) is 5.32 Å². The van der Waals surface area contributed by atoms with E-state index in [1.165, 1.54) is 5.56 Å². The van der Waals surface area contributed by atoms with Crippen molar-refractivity contribution in [1.29, 1.82) is 0 Å². The first-order valence-corrected chi connectivity index (χ1v) is 8.50. The van der Waals surface area contributed by atoms with E-state index >= 15 is 0 Å². The van der Waals surface area contributed by atoms with Crippen molar-refractivity contribution < 1.29 is 9.36 Å². The Balaban J connectivity index is 2.05. The van der Waals surface area contributed by atoms with E-state index in [1.807, 2.05) is 23.9 Å². The van der Waals surface area contributed by atoms with Crippen LogP contribution in [0.2, 0.25) is 5.02 Å². The van der Waals surface area contributed by atoms with Gasteiger partial charge < -0.3 is 5.32 Å². The number of rotatable bonds is 6. The predicted molar refractivity (Wildman–Crippen MR) is 94.8 cm³/mol. The Bertz CT molecular complexity index is 633. The number of benzene rings is 1.